The van der Waals surface area contributed by atoms with Crippen molar-refractivity contribution in [3.8, 4) is 5.75 Å². The van der Waals surface area contributed by atoms with E-state index < -0.39 is 0 Å². The van der Waals surface area contributed by atoms with Crippen LogP contribution < -0.4 is 0 Å². The van der Waals surface area contributed by atoms with E-state index in [1.165, 1.54) is 5.56 Å². The van der Waals surface area contributed by atoms with Gasteiger partial charge in [0.1, 0.15) is 5.75 Å². The van der Waals surface area contributed by atoms with Crippen LogP contribution in [0.1, 0.15) is 120 Å². The number of rotatable bonds is 6. The van der Waals surface area contributed by atoms with Crippen LogP contribution in [0.2, 0.25) is 0 Å². The van der Waals surface area contributed by atoms with Crippen molar-refractivity contribution in [1.29, 1.82) is 0 Å². The molecule has 2 heteroatoms. The molecular formula is C30H54O2. The molecule has 4 atom stereocenters. The van der Waals surface area contributed by atoms with E-state index in [-0.39, 0.29) is 39.6 Å². The molecule has 2 nitrogen and oxygen atoms in total. The fourth-order valence-corrected chi connectivity index (χ4v) is 4.74. The largest absolute Gasteiger partial charge is 0.507 e. The average Bonchev–Trinajstić information content (AvgIpc) is 2.56. The molecule has 0 saturated carbocycles. The predicted octanol–water partition coefficient (Wildman–Crippen LogP) is 8.26. The van der Waals surface area contributed by atoms with Crippen molar-refractivity contribution in [2.75, 3.05) is 0 Å². The third kappa shape index (κ3) is 7.51. The third-order valence-corrected chi connectivity index (χ3v) is 7.43. The summed E-state index contributed by atoms with van der Waals surface area (Å²) in [6.45, 7) is 31.0. The lowest BCUT2D eigenvalue weighted by molar-refractivity contribution is -0.0383. The Bertz CT molecular complexity index is 712. The van der Waals surface area contributed by atoms with Gasteiger partial charge in [0, 0.05) is 0 Å². The van der Waals surface area contributed by atoms with Crippen molar-refractivity contribution in [3.63, 3.8) is 0 Å². The molecular weight excluding hydrogens is 392 g/mol. The Morgan fingerprint density at radius 2 is 1.12 bits per heavy atom. The number of hydrogen-bond acceptors (Lipinski definition) is 2. The smallest absolute Gasteiger partial charge is 0.123 e. The summed E-state index contributed by atoms with van der Waals surface area (Å²) >= 11 is 0. The molecule has 186 valence electrons. The number of aromatic hydroxyl groups is 1. The van der Waals surface area contributed by atoms with Crippen LogP contribution in [0.15, 0.2) is 12.1 Å². The molecule has 0 aliphatic heterocycles. The highest BCUT2D eigenvalue weighted by Gasteiger charge is 2.39. The lowest BCUT2D eigenvalue weighted by Crippen LogP contribution is -2.42. The van der Waals surface area contributed by atoms with Crippen molar-refractivity contribution >= 4 is 0 Å². The van der Waals surface area contributed by atoms with E-state index in [0.29, 0.717) is 11.7 Å². The summed E-state index contributed by atoms with van der Waals surface area (Å²) in [4.78, 5) is 0. The van der Waals surface area contributed by atoms with E-state index in [4.69, 9.17) is 0 Å². The molecule has 1 rings (SSSR count). The van der Waals surface area contributed by atoms with E-state index in [1.807, 2.05) is 0 Å². The van der Waals surface area contributed by atoms with Gasteiger partial charge in [-0.2, -0.15) is 0 Å². The van der Waals surface area contributed by atoms with Crippen LogP contribution in [0.3, 0.4) is 0 Å². The first-order valence-electron chi connectivity index (χ1n) is 12.6. The van der Waals surface area contributed by atoms with Crippen molar-refractivity contribution in [3.05, 3.63) is 28.8 Å². The fraction of sp³-hybridized carbons (Fsp3) is 0.800. The predicted molar refractivity (Wildman–Crippen MR) is 141 cm³/mol. The molecule has 0 fully saturated rings. The quantitative estimate of drug-likeness (QED) is 0.461. The lowest BCUT2D eigenvalue weighted by atomic mass is 9.65. The second-order valence-corrected chi connectivity index (χ2v) is 14.7. The van der Waals surface area contributed by atoms with Gasteiger partial charge in [0.15, 0.2) is 0 Å². The maximum atomic E-state index is 11.4. The lowest BCUT2D eigenvalue weighted by Gasteiger charge is -2.42. The standard InChI is InChI=1S/C30H54O2/c1-19(16-22(28(6,7)8)25(31)20(2)27(3,4)5)15-21-17-23(29(9,10)11)26(32)24(18-21)30(12,13)14/h17-20,22,25,31-32H,15-16H2,1-14H3. The molecule has 0 heterocycles. The second kappa shape index (κ2) is 9.69. The van der Waals surface area contributed by atoms with Crippen molar-refractivity contribution < 1.29 is 10.2 Å². The Labute approximate surface area is 200 Å². The first-order valence-corrected chi connectivity index (χ1v) is 12.6. The molecule has 0 amide bonds. The van der Waals surface area contributed by atoms with Gasteiger partial charge in [0.05, 0.1) is 6.10 Å². The van der Waals surface area contributed by atoms with Gasteiger partial charge >= 0.3 is 0 Å². The first-order chi connectivity index (χ1) is 14.1. The first kappa shape index (κ1) is 29.0. The third-order valence-electron chi connectivity index (χ3n) is 7.43. The molecule has 2 N–H and O–H groups in total. The molecule has 0 saturated heterocycles. The molecule has 32 heavy (non-hydrogen) atoms. The van der Waals surface area contributed by atoms with Gasteiger partial charge in [-0.1, -0.05) is 109 Å². The zero-order valence-corrected chi connectivity index (χ0v) is 23.8. The Morgan fingerprint density at radius 3 is 1.44 bits per heavy atom. The monoisotopic (exact) mass is 446 g/mol. The Kier molecular flexibility index (Phi) is 8.78. The van der Waals surface area contributed by atoms with Gasteiger partial charge in [-0.3, -0.25) is 0 Å². The Hall–Kier alpha value is -1.02. The van der Waals surface area contributed by atoms with Crippen molar-refractivity contribution in [2.24, 2.45) is 28.6 Å². The number of benzene rings is 1. The number of hydrogen-bond donors (Lipinski definition) is 2. The minimum Gasteiger partial charge on any atom is -0.507 e. The van der Waals surface area contributed by atoms with Gasteiger partial charge < -0.3 is 10.2 Å². The Balaban J connectivity index is 3.28. The van der Waals surface area contributed by atoms with Gasteiger partial charge in [0.2, 0.25) is 0 Å². The highest BCUT2D eigenvalue weighted by molar-refractivity contribution is 5.50. The van der Waals surface area contributed by atoms with Crippen LogP contribution in [0.5, 0.6) is 5.75 Å². The summed E-state index contributed by atoms with van der Waals surface area (Å²) < 4.78 is 0. The fourth-order valence-electron chi connectivity index (χ4n) is 4.74. The van der Waals surface area contributed by atoms with Crippen molar-refractivity contribution in [2.45, 2.75) is 127 Å². The van der Waals surface area contributed by atoms with E-state index in [9.17, 15) is 10.2 Å². The zero-order chi connectivity index (χ0) is 25.4. The van der Waals surface area contributed by atoms with Crippen LogP contribution in [0.25, 0.3) is 0 Å². The van der Waals surface area contributed by atoms with E-state index in [0.717, 1.165) is 24.0 Å². The second-order valence-electron chi connectivity index (χ2n) is 14.7. The SMILES string of the molecule is CC(Cc1cc(C(C)(C)C)c(O)c(C(C)(C)C)c1)CC(C(O)C(C)C(C)(C)C)C(C)(C)C. The van der Waals surface area contributed by atoms with Crippen LogP contribution in [0.4, 0.5) is 0 Å². The van der Waals surface area contributed by atoms with Crippen LogP contribution in [0, 0.1) is 28.6 Å². The molecule has 0 bridgehead atoms. The van der Waals surface area contributed by atoms with Crippen LogP contribution >= 0.6 is 0 Å². The molecule has 0 aliphatic rings. The normalized spacial score (nSPS) is 17.7. The van der Waals surface area contributed by atoms with Crippen molar-refractivity contribution in [1.82, 2.24) is 0 Å². The number of aliphatic hydroxyl groups excluding tert-OH is 1. The minimum atomic E-state index is -0.326. The van der Waals surface area contributed by atoms with E-state index in [1.54, 1.807) is 0 Å². The summed E-state index contributed by atoms with van der Waals surface area (Å²) in [5, 5.41) is 22.4. The molecule has 4 unspecified atom stereocenters. The molecule has 1 aromatic rings. The molecule has 0 aliphatic carbocycles. The van der Waals surface area contributed by atoms with Gasteiger partial charge in [-0.25, -0.2) is 0 Å². The van der Waals surface area contributed by atoms with Gasteiger partial charge in [-0.15, -0.1) is 0 Å². The number of phenols is 1. The summed E-state index contributed by atoms with van der Waals surface area (Å²) in [6, 6.07) is 4.42. The Morgan fingerprint density at radius 1 is 0.719 bits per heavy atom. The molecule has 1 aromatic carbocycles. The zero-order valence-electron chi connectivity index (χ0n) is 23.8. The number of aliphatic hydroxyl groups is 1. The summed E-state index contributed by atoms with van der Waals surface area (Å²) in [7, 11) is 0. The summed E-state index contributed by atoms with van der Waals surface area (Å²) in [6.07, 6.45) is 1.62. The summed E-state index contributed by atoms with van der Waals surface area (Å²) in [5.74, 6) is 1.34. The van der Waals surface area contributed by atoms with E-state index >= 15 is 0 Å². The number of phenolic OH excluding ortho intramolecular Hbond substituents is 1. The topological polar surface area (TPSA) is 40.5 Å². The maximum Gasteiger partial charge on any atom is 0.123 e. The highest BCUT2D eigenvalue weighted by Crippen LogP contribution is 2.43. The van der Waals surface area contributed by atoms with Gasteiger partial charge in [-0.05, 0) is 68.9 Å². The van der Waals surface area contributed by atoms with Crippen LogP contribution in [-0.2, 0) is 17.3 Å². The van der Waals surface area contributed by atoms with Crippen LogP contribution in [-0.4, -0.2) is 16.3 Å². The molecule has 0 aromatic heterocycles. The minimum absolute atomic E-state index is 0.0370. The van der Waals surface area contributed by atoms with E-state index in [2.05, 4.69) is 109 Å². The van der Waals surface area contributed by atoms with Gasteiger partial charge in [0.25, 0.3) is 0 Å². The molecule has 0 spiro atoms. The average molecular weight is 447 g/mol. The summed E-state index contributed by atoms with van der Waals surface area (Å²) in [5.41, 5.74) is 3.23. The highest BCUT2D eigenvalue weighted by atomic mass is 16.3. The maximum absolute atomic E-state index is 11.4. The molecule has 0 radical (unpaired) electrons.